The van der Waals surface area contributed by atoms with Crippen LogP contribution >= 0.6 is 0 Å². The van der Waals surface area contributed by atoms with E-state index in [-0.39, 0.29) is 35.2 Å². The van der Waals surface area contributed by atoms with E-state index in [4.69, 9.17) is 20.7 Å². The molecule has 2 saturated heterocycles. The van der Waals surface area contributed by atoms with Gasteiger partial charge in [0.25, 0.3) is 0 Å². The van der Waals surface area contributed by atoms with Crippen molar-refractivity contribution in [2.75, 3.05) is 88.7 Å². The highest BCUT2D eigenvalue weighted by molar-refractivity contribution is 5.99. The predicted molar refractivity (Wildman–Crippen MR) is 195 cm³/mol. The van der Waals surface area contributed by atoms with Gasteiger partial charge in [-0.15, -0.1) is 0 Å². The number of nitrogens with zero attached hydrogens (tertiary/aromatic N) is 6. The number of nitrogens with one attached hydrogen (secondary N) is 2. The van der Waals surface area contributed by atoms with Crippen LogP contribution in [0.15, 0.2) is 57.6 Å². The smallest absolute Gasteiger partial charge is 0.409 e. The molecule has 2 aliphatic rings. The number of carbonyl (C=O) groups excluding carboxylic acids is 3. The lowest BCUT2D eigenvalue weighted by atomic mass is 10.1. The zero-order valence-electron chi connectivity index (χ0n) is 30.6. The Labute approximate surface area is 311 Å². The fourth-order valence-electron chi connectivity index (χ4n) is 5.49. The minimum Gasteiger partial charge on any atom is -0.453 e. The molecular formula is C35H46F2N10O7. The van der Waals surface area contributed by atoms with Crippen molar-refractivity contribution in [3.8, 4) is 0 Å². The van der Waals surface area contributed by atoms with Crippen molar-refractivity contribution in [1.82, 2.24) is 29.9 Å². The van der Waals surface area contributed by atoms with Gasteiger partial charge in [0, 0.05) is 77.6 Å². The maximum absolute atomic E-state index is 14.1. The van der Waals surface area contributed by atoms with Gasteiger partial charge in [0.1, 0.15) is 23.2 Å². The normalized spacial score (nSPS) is 14.6. The van der Waals surface area contributed by atoms with Crippen molar-refractivity contribution >= 4 is 41.2 Å². The van der Waals surface area contributed by atoms with Gasteiger partial charge in [0.15, 0.2) is 11.6 Å². The summed E-state index contributed by atoms with van der Waals surface area (Å²) in [5.74, 6) is 1.06. The Kier molecular flexibility index (Phi) is 14.9. The predicted octanol–water partition coefficient (Wildman–Crippen LogP) is 4.51. The monoisotopic (exact) mass is 756 g/mol. The number of nitrogen functional groups attached to an aromatic ring is 2. The summed E-state index contributed by atoms with van der Waals surface area (Å²) >= 11 is 0. The summed E-state index contributed by atoms with van der Waals surface area (Å²) in [6, 6.07) is 12.0. The van der Waals surface area contributed by atoms with E-state index in [2.05, 4.69) is 40.0 Å². The molecule has 0 atom stereocenters. The van der Waals surface area contributed by atoms with Crippen LogP contribution in [0.25, 0.3) is 0 Å². The Bertz CT molecular complexity index is 1820. The number of nitrogens with two attached hydrogens (primary N) is 2. The van der Waals surface area contributed by atoms with Crippen molar-refractivity contribution in [2.45, 2.75) is 26.9 Å². The lowest BCUT2D eigenvalue weighted by molar-refractivity contribution is 0.0884. The molecule has 4 heterocycles. The lowest BCUT2D eigenvalue weighted by Crippen LogP contribution is -2.48. The van der Waals surface area contributed by atoms with Gasteiger partial charge in [-0.3, -0.25) is 15.1 Å². The van der Waals surface area contributed by atoms with E-state index in [1.807, 2.05) is 0 Å². The Balaban J connectivity index is 0.000000214. The third-order valence-corrected chi connectivity index (χ3v) is 8.28. The van der Waals surface area contributed by atoms with Gasteiger partial charge in [-0.2, -0.15) is 0 Å². The van der Waals surface area contributed by atoms with Gasteiger partial charge in [0.2, 0.25) is 0 Å². The van der Waals surface area contributed by atoms with Crippen LogP contribution in [-0.2, 0) is 22.6 Å². The number of halogens is 2. The van der Waals surface area contributed by atoms with Crippen molar-refractivity contribution in [3.63, 3.8) is 0 Å². The summed E-state index contributed by atoms with van der Waals surface area (Å²) in [5, 5.41) is 12.0. The molecule has 0 unspecified atom stereocenters. The molecule has 19 heteroatoms. The Hall–Kier alpha value is -5.95. The molecule has 2 fully saturated rings. The fraction of sp³-hybridized carbons (Fsp3) is 0.400. The Morgan fingerprint density at radius 1 is 0.704 bits per heavy atom. The topological polar surface area (TPSA) is 211 Å². The van der Waals surface area contributed by atoms with Crippen LogP contribution in [0.3, 0.4) is 0 Å². The third-order valence-electron chi connectivity index (χ3n) is 8.28. The fourth-order valence-corrected chi connectivity index (χ4v) is 5.49. The first kappa shape index (κ1) is 40.8. The maximum atomic E-state index is 14.1. The van der Waals surface area contributed by atoms with E-state index >= 15 is 0 Å². The second kappa shape index (κ2) is 19.8. The lowest BCUT2D eigenvalue weighted by Gasteiger charge is -2.33. The molecule has 6 rings (SSSR count). The van der Waals surface area contributed by atoms with Crippen LogP contribution < -0.4 is 22.1 Å². The first-order chi connectivity index (χ1) is 25.8. The van der Waals surface area contributed by atoms with E-state index in [0.29, 0.717) is 63.9 Å². The zero-order valence-corrected chi connectivity index (χ0v) is 30.6. The molecule has 4 aromatic rings. The molecule has 17 nitrogen and oxygen atoms in total. The van der Waals surface area contributed by atoms with Gasteiger partial charge in [0.05, 0.1) is 25.6 Å². The number of piperazine rings is 2. The van der Waals surface area contributed by atoms with Gasteiger partial charge in [-0.05, 0) is 49.2 Å². The van der Waals surface area contributed by atoms with Crippen molar-refractivity contribution < 1.29 is 41.7 Å². The van der Waals surface area contributed by atoms with E-state index in [0.717, 1.165) is 30.0 Å². The van der Waals surface area contributed by atoms with E-state index < -0.39 is 11.8 Å². The highest BCUT2D eigenvalue weighted by Crippen LogP contribution is 2.20. The zero-order chi connectivity index (χ0) is 39.2. The number of methoxy groups -OCH3 is 2. The molecule has 2 aromatic carbocycles. The average Bonchev–Trinajstić information content (AvgIpc) is 3.76. The quantitative estimate of drug-likeness (QED) is 0.200. The standard InChI is InChI=1S/C18H22FN5O4.C13H18FN3O2.C4H6N2O/c1-12-9-16(22-28-12)21-17(25)20-15-10-13(3-4-14(15)19)11-23-5-7-24(8-6-23)18(26)27-2;1-19-13(18)17-6-4-16(5-7-17)9-10-2-3-11(14)12(15)8-10;1-3-2-4(5)6-7-3/h3-4,9-10H,5-8,11H2,1-2H3,(H2,20,21,22,25);2-3,8H,4-7,9,15H2,1H3;2H,1H3,(H2,5,6). The number of rotatable bonds is 6. The molecule has 2 aromatic heterocycles. The Morgan fingerprint density at radius 2 is 1.20 bits per heavy atom. The molecule has 0 aliphatic carbocycles. The molecule has 0 radical (unpaired) electrons. The van der Waals surface area contributed by atoms with Crippen LogP contribution in [0.4, 0.5) is 46.2 Å². The highest BCUT2D eigenvalue weighted by Gasteiger charge is 2.23. The SMILES string of the molecule is COC(=O)N1CCN(Cc2ccc(F)c(N)c2)CC1.COC(=O)N1CCN(Cc2ccc(F)c(NC(=O)Nc3cc(C)on3)c2)CC1.Cc1cc(N)no1. The number of anilines is 4. The number of amides is 4. The molecule has 4 amide bonds. The first-order valence-corrected chi connectivity index (χ1v) is 17.0. The van der Waals surface area contributed by atoms with Crippen molar-refractivity contribution in [1.29, 1.82) is 0 Å². The summed E-state index contributed by atoms with van der Waals surface area (Å²) in [6.45, 7) is 10.1. The summed E-state index contributed by atoms with van der Waals surface area (Å²) in [6.07, 6.45) is -0.619. The van der Waals surface area contributed by atoms with Crippen LogP contribution in [0.5, 0.6) is 0 Å². The van der Waals surface area contributed by atoms with E-state index in [1.165, 1.54) is 26.4 Å². The highest BCUT2D eigenvalue weighted by atomic mass is 19.1. The van der Waals surface area contributed by atoms with Crippen molar-refractivity contribution in [3.05, 3.63) is 82.8 Å². The molecule has 54 heavy (non-hydrogen) atoms. The van der Waals surface area contributed by atoms with Crippen LogP contribution in [0, 0.1) is 25.5 Å². The molecule has 6 N–H and O–H groups in total. The molecule has 0 saturated carbocycles. The number of urea groups is 1. The van der Waals surface area contributed by atoms with Crippen molar-refractivity contribution in [2.24, 2.45) is 0 Å². The van der Waals surface area contributed by atoms with Gasteiger partial charge < -0.3 is 45.1 Å². The number of carbonyl (C=O) groups is 3. The van der Waals surface area contributed by atoms with Crippen LogP contribution in [-0.4, -0.2) is 115 Å². The van der Waals surface area contributed by atoms with Gasteiger partial charge in [-0.25, -0.2) is 23.2 Å². The largest absolute Gasteiger partial charge is 0.453 e. The molecule has 0 spiro atoms. The summed E-state index contributed by atoms with van der Waals surface area (Å²) < 4.78 is 46.0. The minimum atomic E-state index is -0.615. The number of hydrogen-bond donors (Lipinski definition) is 4. The molecule has 0 bridgehead atoms. The number of benzene rings is 2. The van der Waals surface area contributed by atoms with Gasteiger partial charge >= 0.3 is 18.2 Å². The minimum absolute atomic E-state index is 0.0726. The first-order valence-electron chi connectivity index (χ1n) is 17.0. The van der Waals surface area contributed by atoms with Crippen LogP contribution in [0.2, 0.25) is 0 Å². The summed E-state index contributed by atoms with van der Waals surface area (Å²) in [7, 11) is 2.75. The van der Waals surface area contributed by atoms with Crippen LogP contribution in [0.1, 0.15) is 22.6 Å². The summed E-state index contributed by atoms with van der Waals surface area (Å²) in [4.78, 5) is 42.6. The number of hydrogen-bond acceptors (Lipinski definition) is 13. The molecular weight excluding hydrogens is 710 g/mol. The summed E-state index contributed by atoms with van der Waals surface area (Å²) in [5.41, 5.74) is 12.8. The molecule has 292 valence electrons. The number of aromatic nitrogens is 2. The van der Waals surface area contributed by atoms with E-state index in [9.17, 15) is 23.2 Å². The average molecular weight is 757 g/mol. The second-order valence-corrected chi connectivity index (χ2v) is 12.4. The second-order valence-electron chi connectivity index (χ2n) is 12.4. The maximum Gasteiger partial charge on any atom is 0.409 e. The van der Waals surface area contributed by atoms with Gasteiger partial charge in [-0.1, -0.05) is 22.4 Å². The third kappa shape index (κ3) is 12.6. The number of ether oxygens (including phenoxy) is 2. The molecule has 2 aliphatic heterocycles. The Morgan fingerprint density at radius 3 is 1.63 bits per heavy atom. The van der Waals surface area contributed by atoms with E-state index in [1.54, 1.807) is 60.0 Å². The number of aryl methyl sites for hydroxylation is 2.